The lowest BCUT2D eigenvalue weighted by molar-refractivity contribution is -0.0145. The topological polar surface area (TPSA) is 48.0 Å². The summed E-state index contributed by atoms with van der Waals surface area (Å²) in [5.41, 5.74) is 0.381. The number of aromatic amines is 1. The van der Waals surface area contributed by atoms with E-state index in [1.807, 2.05) is 18.5 Å². The predicted octanol–water partition coefficient (Wildman–Crippen LogP) is -0.195. The van der Waals surface area contributed by atoms with Crippen LogP contribution >= 0.6 is 0 Å². The summed E-state index contributed by atoms with van der Waals surface area (Å²) >= 11 is 0. The smallest absolute Gasteiger partial charge is 0.116 e. The molecule has 0 bridgehead atoms. The van der Waals surface area contributed by atoms with Gasteiger partial charge in [0.25, 0.3) is 0 Å². The number of β-amino-alcohol motifs (C(OH)–C–C–N with tert-alkyl or cyclic N) is 1. The van der Waals surface area contributed by atoms with Crippen LogP contribution in [0, 0.1) is 0 Å². The van der Waals surface area contributed by atoms with Gasteiger partial charge >= 0.3 is 0 Å². The van der Waals surface area contributed by atoms with E-state index in [1.165, 1.54) is 0 Å². The zero-order valence-corrected chi connectivity index (χ0v) is 5.59. The van der Waals surface area contributed by atoms with Crippen LogP contribution in [0.4, 0.5) is 0 Å². The van der Waals surface area contributed by atoms with Gasteiger partial charge in [0.05, 0.1) is 0 Å². The van der Waals surface area contributed by atoms with Crippen molar-refractivity contribution in [2.75, 3.05) is 13.1 Å². The van der Waals surface area contributed by atoms with Crippen LogP contribution in [0.3, 0.4) is 0 Å². The Morgan fingerprint density at radius 1 is 1.50 bits per heavy atom. The Morgan fingerprint density at radius 3 is 2.70 bits per heavy atom. The van der Waals surface area contributed by atoms with E-state index in [0.29, 0.717) is 13.1 Å². The van der Waals surface area contributed by atoms with Crippen molar-refractivity contribution in [2.45, 2.75) is 5.60 Å². The minimum Gasteiger partial charge on any atom is -0.382 e. The standard InChI is InChI=1S/C7H10N2O/c10-7(4-9-5-7)6-1-2-8-3-6/h1-3,8-10H,4-5H2. The van der Waals surface area contributed by atoms with Crippen LogP contribution in [0.1, 0.15) is 5.56 Å². The summed E-state index contributed by atoms with van der Waals surface area (Å²) in [5, 5.41) is 12.7. The molecule has 3 heteroatoms. The molecular formula is C7H10N2O. The third-order valence-corrected chi connectivity index (χ3v) is 1.97. The molecule has 0 unspecified atom stereocenters. The average Bonchev–Trinajstić information content (AvgIpc) is 2.33. The summed E-state index contributed by atoms with van der Waals surface area (Å²) in [4.78, 5) is 2.92. The normalized spacial score (nSPS) is 22.1. The number of H-pyrrole nitrogens is 1. The van der Waals surface area contributed by atoms with E-state index >= 15 is 0 Å². The maximum absolute atomic E-state index is 9.69. The molecule has 0 spiro atoms. The highest BCUT2D eigenvalue weighted by Crippen LogP contribution is 2.23. The second kappa shape index (κ2) is 1.84. The van der Waals surface area contributed by atoms with Gasteiger partial charge in [-0.15, -0.1) is 0 Å². The van der Waals surface area contributed by atoms with Crippen LogP contribution < -0.4 is 5.32 Å². The first kappa shape index (κ1) is 5.95. The van der Waals surface area contributed by atoms with Gasteiger partial charge in [0.2, 0.25) is 0 Å². The van der Waals surface area contributed by atoms with E-state index in [9.17, 15) is 5.11 Å². The van der Waals surface area contributed by atoms with Crippen LogP contribution in [0.15, 0.2) is 18.5 Å². The average molecular weight is 138 g/mol. The Bertz CT molecular complexity index is 214. The van der Waals surface area contributed by atoms with Crippen molar-refractivity contribution in [3.8, 4) is 0 Å². The van der Waals surface area contributed by atoms with Crippen LogP contribution in [0.5, 0.6) is 0 Å². The van der Waals surface area contributed by atoms with Crippen molar-refractivity contribution in [3.63, 3.8) is 0 Å². The van der Waals surface area contributed by atoms with E-state index in [1.54, 1.807) is 0 Å². The van der Waals surface area contributed by atoms with Gasteiger partial charge in [0.1, 0.15) is 5.60 Å². The molecule has 2 rings (SSSR count). The Labute approximate surface area is 59.1 Å². The summed E-state index contributed by atoms with van der Waals surface area (Å²) in [7, 11) is 0. The molecule has 1 aliphatic heterocycles. The summed E-state index contributed by atoms with van der Waals surface area (Å²) in [6.07, 6.45) is 3.66. The zero-order chi connectivity index (χ0) is 7.03. The third-order valence-electron chi connectivity index (χ3n) is 1.97. The SMILES string of the molecule is OC1(c2cc[nH]c2)CNC1. The van der Waals surface area contributed by atoms with Crippen molar-refractivity contribution >= 4 is 0 Å². The van der Waals surface area contributed by atoms with E-state index in [4.69, 9.17) is 0 Å². The van der Waals surface area contributed by atoms with Gasteiger partial charge in [-0.2, -0.15) is 0 Å². The summed E-state index contributed by atoms with van der Waals surface area (Å²) in [5.74, 6) is 0. The Morgan fingerprint density at radius 2 is 2.30 bits per heavy atom. The second-order valence-electron chi connectivity index (χ2n) is 2.73. The molecule has 0 saturated carbocycles. The Kier molecular flexibility index (Phi) is 1.09. The van der Waals surface area contributed by atoms with Crippen LogP contribution in [-0.4, -0.2) is 23.2 Å². The lowest BCUT2D eigenvalue weighted by Crippen LogP contribution is -2.56. The minimum absolute atomic E-state index is 0.597. The van der Waals surface area contributed by atoms with E-state index in [2.05, 4.69) is 10.3 Å². The number of aliphatic hydroxyl groups is 1. The summed E-state index contributed by atoms with van der Waals surface area (Å²) in [6.45, 7) is 1.34. The number of hydrogen-bond acceptors (Lipinski definition) is 2. The monoisotopic (exact) mass is 138 g/mol. The fourth-order valence-corrected chi connectivity index (χ4v) is 1.18. The van der Waals surface area contributed by atoms with Gasteiger partial charge in [-0.25, -0.2) is 0 Å². The summed E-state index contributed by atoms with van der Waals surface area (Å²) in [6, 6.07) is 1.90. The first-order valence-electron chi connectivity index (χ1n) is 3.38. The van der Waals surface area contributed by atoms with Crippen LogP contribution in [0.25, 0.3) is 0 Å². The molecule has 1 aliphatic rings. The van der Waals surface area contributed by atoms with Crippen molar-refractivity contribution in [1.29, 1.82) is 0 Å². The first-order valence-corrected chi connectivity index (χ1v) is 3.38. The molecular weight excluding hydrogens is 128 g/mol. The molecule has 2 heterocycles. The van der Waals surface area contributed by atoms with Gasteiger partial charge < -0.3 is 15.4 Å². The number of nitrogens with one attached hydrogen (secondary N) is 2. The maximum atomic E-state index is 9.69. The van der Waals surface area contributed by atoms with Gasteiger partial charge in [0, 0.05) is 31.0 Å². The number of hydrogen-bond donors (Lipinski definition) is 3. The minimum atomic E-state index is -0.597. The maximum Gasteiger partial charge on any atom is 0.116 e. The second-order valence-corrected chi connectivity index (χ2v) is 2.73. The van der Waals surface area contributed by atoms with Crippen LogP contribution in [-0.2, 0) is 5.60 Å². The molecule has 54 valence electrons. The molecule has 0 amide bonds. The van der Waals surface area contributed by atoms with Gasteiger partial charge in [-0.05, 0) is 6.07 Å². The molecule has 10 heavy (non-hydrogen) atoms. The highest BCUT2D eigenvalue weighted by molar-refractivity contribution is 5.22. The first-order chi connectivity index (χ1) is 4.81. The fourth-order valence-electron chi connectivity index (χ4n) is 1.18. The molecule has 0 radical (unpaired) electrons. The van der Waals surface area contributed by atoms with Crippen molar-refractivity contribution in [3.05, 3.63) is 24.0 Å². The third kappa shape index (κ3) is 0.678. The molecule has 0 atom stereocenters. The quantitative estimate of drug-likeness (QED) is 0.503. The van der Waals surface area contributed by atoms with E-state index in [-0.39, 0.29) is 0 Å². The van der Waals surface area contributed by atoms with E-state index < -0.39 is 5.60 Å². The Hall–Kier alpha value is -0.800. The van der Waals surface area contributed by atoms with Crippen molar-refractivity contribution in [2.24, 2.45) is 0 Å². The number of aromatic nitrogens is 1. The lowest BCUT2D eigenvalue weighted by atomic mass is 9.90. The summed E-state index contributed by atoms with van der Waals surface area (Å²) < 4.78 is 0. The molecule has 0 aromatic carbocycles. The lowest BCUT2D eigenvalue weighted by Gasteiger charge is -2.37. The Balaban J connectivity index is 2.27. The van der Waals surface area contributed by atoms with Gasteiger partial charge in [0.15, 0.2) is 0 Å². The molecule has 1 fully saturated rings. The highest BCUT2D eigenvalue weighted by Gasteiger charge is 2.36. The molecule has 3 N–H and O–H groups in total. The van der Waals surface area contributed by atoms with Gasteiger partial charge in [-0.1, -0.05) is 0 Å². The molecule has 1 aromatic heterocycles. The molecule has 0 aliphatic carbocycles. The predicted molar refractivity (Wildman–Crippen MR) is 37.6 cm³/mol. The largest absolute Gasteiger partial charge is 0.382 e. The molecule has 1 aromatic rings. The molecule has 1 saturated heterocycles. The van der Waals surface area contributed by atoms with Crippen molar-refractivity contribution < 1.29 is 5.11 Å². The fraction of sp³-hybridized carbons (Fsp3) is 0.429. The highest BCUT2D eigenvalue weighted by atomic mass is 16.3. The van der Waals surface area contributed by atoms with Crippen molar-refractivity contribution in [1.82, 2.24) is 10.3 Å². The number of rotatable bonds is 1. The van der Waals surface area contributed by atoms with E-state index in [0.717, 1.165) is 5.56 Å². The molecule has 3 nitrogen and oxygen atoms in total. The zero-order valence-electron chi connectivity index (χ0n) is 5.59. The van der Waals surface area contributed by atoms with Gasteiger partial charge in [-0.3, -0.25) is 0 Å². The van der Waals surface area contributed by atoms with Crippen LogP contribution in [0.2, 0.25) is 0 Å².